The molecule has 1 heterocycles. The molecule has 1 amide bonds. The molecule has 1 aromatic rings. The fourth-order valence-electron chi connectivity index (χ4n) is 2.58. The first kappa shape index (κ1) is 15.1. The molecular formula is C14H15Cl2NO3. The van der Waals surface area contributed by atoms with Crippen molar-refractivity contribution in [3.05, 3.63) is 33.8 Å². The van der Waals surface area contributed by atoms with E-state index in [4.69, 9.17) is 23.2 Å². The molecule has 0 aliphatic carbocycles. The number of piperidine rings is 1. The van der Waals surface area contributed by atoms with E-state index in [0.717, 1.165) is 0 Å². The SMILES string of the molecule is C[C@@H]1[C@H](C(=O)O)CCCN1C(=O)c1cc(Cl)ccc1Cl. The topological polar surface area (TPSA) is 57.6 Å². The quantitative estimate of drug-likeness (QED) is 0.910. The first-order chi connectivity index (χ1) is 9.41. The Balaban J connectivity index is 2.28. The van der Waals surface area contributed by atoms with Crippen LogP contribution in [0.3, 0.4) is 0 Å². The van der Waals surface area contributed by atoms with Crippen LogP contribution in [0.25, 0.3) is 0 Å². The van der Waals surface area contributed by atoms with Crippen LogP contribution < -0.4 is 0 Å². The van der Waals surface area contributed by atoms with Crippen molar-refractivity contribution in [1.29, 1.82) is 0 Å². The number of carboxylic acids is 1. The number of benzene rings is 1. The summed E-state index contributed by atoms with van der Waals surface area (Å²) >= 11 is 11.9. The summed E-state index contributed by atoms with van der Waals surface area (Å²) in [5, 5.41) is 9.94. The van der Waals surface area contributed by atoms with Gasteiger partial charge in [0.25, 0.3) is 5.91 Å². The maximum Gasteiger partial charge on any atom is 0.308 e. The molecule has 1 aromatic carbocycles. The molecule has 0 unspecified atom stereocenters. The molecule has 1 N–H and O–H groups in total. The van der Waals surface area contributed by atoms with Crippen molar-refractivity contribution in [2.45, 2.75) is 25.8 Å². The lowest BCUT2D eigenvalue weighted by Gasteiger charge is -2.37. The number of hydrogen-bond donors (Lipinski definition) is 1. The van der Waals surface area contributed by atoms with Crippen LogP contribution in [-0.4, -0.2) is 34.5 Å². The number of likely N-dealkylation sites (tertiary alicyclic amines) is 1. The molecule has 1 fully saturated rings. The largest absolute Gasteiger partial charge is 0.481 e. The number of rotatable bonds is 2. The second kappa shape index (κ2) is 6.02. The zero-order chi connectivity index (χ0) is 14.9. The lowest BCUT2D eigenvalue weighted by Crippen LogP contribution is -2.49. The second-order valence-electron chi connectivity index (χ2n) is 4.95. The number of halogens is 2. The van der Waals surface area contributed by atoms with Gasteiger partial charge in [-0.3, -0.25) is 9.59 Å². The van der Waals surface area contributed by atoms with E-state index in [1.165, 1.54) is 6.07 Å². The molecule has 0 radical (unpaired) electrons. The summed E-state index contributed by atoms with van der Waals surface area (Å²) in [6.45, 7) is 2.29. The summed E-state index contributed by atoms with van der Waals surface area (Å²) in [7, 11) is 0. The molecule has 20 heavy (non-hydrogen) atoms. The maximum absolute atomic E-state index is 12.5. The zero-order valence-corrected chi connectivity index (χ0v) is 12.5. The number of carbonyl (C=O) groups excluding carboxylic acids is 1. The van der Waals surface area contributed by atoms with E-state index in [9.17, 15) is 14.7 Å². The van der Waals surface area contributed by atoms with Gasteiger partial charge in [0.2, 0.25) is 0 Å². The first-order valence-corrected chi connectivity index (χ1v) is 7.16. The molecule has 1 aliphatic heterocycles. The van der Waals surface area contributed by atoms with Gasteiger partial charge in [-0.25, -0.2) is 0 Å². The third-order valence-corrected chi connectivity index (χ3v) is 4.29. The van der Waals surface area contributed by atoms with Crippen molar-refractivity contribution in [2.24, 2.45) is 5.92 Å². The Morgan fingerprint density at radius 1 is 1.35 bits per heavy atom. The Morgan fingerprint density at radius 3 is 2.70 bits per heavy atom. The van der Waals surface area contributed by atoms with Crippen molar-refractivity contribution in [3.8, 4) is 0 Å². The minimum absolute atomic E-state index is 0.268. The van der Waals surface area contributed by atoms with E-state index < -0.39 is 11.9 Å². The maximum atomic E-state index is 12.5. The van der Waals surface area contributed by atoms with Crippen LogP contribution in [0.15, 0.2) is 18.2 Å². The van der Waals surface area contributed by atoms with E-state index in [0.29, 0.717) is 35.0 Å². The smallest absolute Gasteiger partial charge is 0.308 e. The van der Waals surface area contributed by atoms with Crippen molar-refractivity contribution in [1.82, 2.24) is 4.90 Å². The Labute approximate surface area is 127 Å². The lowest BCUT2D eigenvalue weighted by atomic mass is 9.90. The normalized spacial score (nSPS) is 22.6. The molecule has 4 nitrogen and oxygen atoms in total. The highest BCUT2D eigenvalue weighted by molar-refractivity contribution is 6.35. The van der Waals surface area contributed by atoms with Crippen LogP contribution in [0, 0.1) is 5.92 Å². The second-order valence-corrected chi connectivity index (χ2v) is 5.79. The summed E-state index contributed by atoms with van der Waals surface area (Å²) in [6.07, 6.45) is 1.26. The van der Waals surface area contributed by atoms with Gasteiger partial charge in [-0.2, -0.15) is 0 Å². The van der Waals surface area contributed by atoms with Crippen LogP contribution in [-0.2, 0) is 4.79 Å². The van der Waals surface area contributed by atoms with Crippen LogP contribution in [0.4, 0.5) is 0 Å². The van der Waals surface area contributed by atoms with Gasteiger partial charge in [0, 0.05) is 17.6 Å². The van der Waals surface area contributed by atoms with Crippen LogP contribution >= 0.6 is 23.2 Å². The molecule has 2 rings (SSSR count). The Kier molecular flexibility index (Phi) is 4.55. The number of carboxylic acid groups (broad SMARTS) is 1. The molecule has 0 spiro atoms. The van der Waals surface area contributed by atoms with Gasteiger partial charge in [-0.1, -0.05) is 23.2 Å². The molecule has 0 aromatic heterocycles. The molecule has 0 bridgehead atoms. The molecule has 2 atom stereocenters. The minimum Gasteiger partial charge on any atom is -0.481 e. The molecule has 6 heteroatoms. The lowest BCUT2D eigenvalue weighted by molar-refractivity contribution is -0.144. The molecular weight excluding hydrogens is 301 g/mol. The fourth-order valence-corrected chi connectivity index (χ4v) is 2.95. The highest BCUT2D eigenvalue weighted by Gasteiger charge is 2.36. The van der Waals surface area contributed by atoms with E-state index in [-0.39, 0.29) is 11.9 Å². The summed E-state index contributed by atoms with van der Waals surface area (Å²) < 4.78 is 0. The van der Waals surface area contributed by atoms with Crippen LogP contribution in [0.5, 0.6) is 0 Å². The van der Waals surface area contributed by atoms with Gasteiger partial charge in [0.05, 0.1) is 16.5 Å². The third-order valence-electron chi connectivity index (χ3n) is 3.72. The van der Waals surface area contributed by atoms with Crippen molar-refractivity contribution >= 4 is 35.1 Å². The summed E-state index contributed by atoms with van der Waals surface area (Å²) in [5.74, 6) is -1.67. The van der Waals surface area contributed by atoms with E-state index >= 15 is 0 Å². The summed E-state index contributed by atoms with van der Waals surface area (Å²) in [6, 6.07) is 4.34. The first-order valence-electron chi connectivity index (χ1n) is 6.40. The van der Waals surface area contributed by atoms with Gasteiger partial charge in [0.15, 0.2) is 0 Å². The van der Waals surface area contributed by atoms with E-state index in [1.807, 2.05) is 0 Å². The molecule has 0 saturated carbocycles. The minimum atomic E-state index is -0.868. The van der Waals surface area contributed by atoms with Gasteiger partial charge in [-0.05, 0) is 38.0 Å². The van der Waals surface area contributed by atoms with Crippen molar-refractivity contribution < 1.29 is 14.7 Å². The number of nitrogens with zero attached hydrogens (tertiary/aromatic N) is 1. The highest BCUT2D eigenvalue weighted by Crippen LogP contribution is 2.28. The Bertz CT molecular complexity index is 547. The predicted octanol–water partition coefficient (Wildman–Crippen LogP) is 3.32. The van der Waals surface area contributed by atoms with Gasteiger partial charge < -0.3 is 10.0 Å². The van der Waals surface area contributed by atoms with E-state index in [1.54, 1.807) is 24.0 Å². The molecule has 1 aliphatic rings. The van der Waals surface area contributed by atoms with Crippen LogP contribution in [0.1, 0.15) is 30.1 Å². The highest BCUT2D eigenvalue weighted by atomic mass is 35.5. The third kappa shape index (κ3) is 2.91. The van der Waals surface area contributed by atoms with E-state index in [2.05, 4.69) is 0 Å². The number of amides is 1. The molecule has 1 saturated heterocycles. The Hall–Kier alpha value is -1.26. The monoisotopic (exact) mass is 315 g/mol. The average molecular weight is 316 g/mol. The Morgan fingerprint density at radius 2 is 2.05 bits per heavy atom. The average Bonchev–Trinajstić information content (AvgIpc) is 2.40. The predicted molar refractivity (Wildman–Crippen MR) is 77.3 cm³/mol. The zero-order valence-electron chi connectivity index (χ0n) is 11.0. The standard InChI is InChI=1S/C14H15Cl2NO3/c1-8-10(14(19)20)3-2-6-17(8)13(18)11-7-9(15)4-5-12(11)16/h4-5,7-8,10H,2-3,6H2,1H3,(H,19,20)/t8-,10-/m1/s1. The molecule has 108 valence electrons. The fraction of sp³-hybridized carbons (Fsp3) is 0.429. The van der Waals surface area contributed by atoms with Crippen molar-refractivity contribution in [3.63, 3.8) is 0 Å². The summed E-state index contributed by atoms with van der Waals surface area (Å²) in [5.41, 5.74) is 0.317. The van der Waals surface area contributed by atoms with Gasteiger partial charge in [0.1, 0.15) is 0 Å². The number of aliphatic carboxylic acids is 1. The number of carbonyl (C=O) groups is 2. The number of hydrogen-bond acceptors (Lipinski definition) is 2. The van der Waals surface area contributed by atoms with Gasteiger partial charge >= 0.3 is 5.97 Å². The van der Waals surface area contributed by atoms with Crippen LogP contribution in [0.2, 0.25) is 10.0 Å². The van der Waals surface area contributed by atoms with Gasteiger partial charge in [-0.15, -0.1) is 0 Å². The van der Waals surface area contributed by atoms with Crippen molar-refractivity contribution in [2.75, 3.05) is 6.54 Å². The summed E-state index contributed by atoms with van der Waals surface area (Å²) in [4.78, 5) is 25.3.